The molecule has 0 radical (unpaired) electrons. The number of piperidine rings is 1. The molecule has 0 bridgehead atoms. The predicted molar refractivity (Wildman–Crippen MR) is 78.8 cm³/mol. The molecule has 1 atom stereocenters. The highest BCUT2D eigenvalue weighted by Gasteiger charge is 2.35. The number of allylic oxidation sites excluding steroid dienone is 1. The fourth-order valence-corrected chi connectivity index (χ4v) is 3.46. The van der Waals surface area contributed by atoms with Gasteiger partial charge >= 0.3 is 0 Å². The molecule has 0 aromatic carbocycles. The van der Waals surface area contributed by atoms with Gasteiger partial charge in [0.2, 0.25) is 0 Å². The van der Waals surface area contributed by atoms with Gasteiger partial charge in [-0.05, 0) is 37.2 Å². The summed E-state index contributed by atoms with van der Waals surface area (Å²) in [6.45, 7) is 14.9. The molecule has 1 fully saturated rings. The first kappa shape index (κ1) is 13.6. The molecule has 2 aliphatic rings. The van der Waals surface area contributed by atoms with Crippen LogP contribution < -0.4 is 0 Å². The SMILES string of the molecule is CC(C)C1=N[C@@H](C)C(C(C)(C)C)=C2CCCCN12. The molecule has 0 unspecified atom stereocenters. The molecule has 2 heteroatoms. The second-order valence-electron chi connectivity index (χ2n) is 7.04. The van der Waals surface area contributed by atoms with Gasteiger partial charge in [-0.15, -0.1) is 0 Å². The van der Waals surface area contributed by atoms with Crippen LogP contribution in [0, 0.1) is 11.3 Å². The molecule has 2 rings (SSSR count). The molecule has 0 amide bonds. The van der Waals surface area contributed by atoms with Crippen LogP contribution in [0.3, 0.4) is 0 Å². The summed E-state index contributed by atoms with van der Waals surface area (Å²) < 4.78 is 0. The van der Waals surface area contributed by atoms with Crippen molar-refractivity contribution in [2.45, 2.75) is 66.8 Å². The van der Waals surface area contributed by atoms with E-state index in [1.807, 2.05) is 0 Å². The molecule has 0 spiro atoms. The largest absolute Gasteiger partial charge is 0.334 e. The second kappa shape index (κ2) is 4.71. The lowest BCUT2D eigenvalue weighted by atomic mass is 9.78. The summed E-state index contributed by atoms with van der Waals surface area (Å²) in [5.74, 6) is 1.84. The van der Waals surface area contributed by atoms with E-state index < -0.39 is 0 Å². The number of nitrogens with zero attached hydrogens (tertiary/aromatic N) is 2. The number of rotatable bonds is 1. The average Bonchev–Trinajstić information content (AvgIpc) is 2.25. The van der Waals surface area contributed by atoms with Crippen molar-refractivity contribution in [1.82, 2.24) is 4.90 Å². The van der Waals surface area contributed by atoms with Crippen molar-refractivity contribution < 1.29 is 0 Å². The zero-order valence-electron chi connectivity index (χ0n) is 12.9. The van der Waals surface area contributed by atoms with Crippen LogP contribution in [0.4, 0.5) is 0 Å². The third kappa shape index (κ3) is 2.34. The third-order valence-corrected chi connectivity index (χ3v) is 4.03. The Morgan fingerprint density at radius 3 is 2.44 bits per heavy atom. The minimum atomic E-state index is 0.232. The van der Waals surface area contributed by atoms with Gasteiger partial charge in [0.15, 0.2) is 0 Å². The Hall–Kier alpha value is -0.790. The lowest BCUT2D eigenvalue weighted by Gasteiger charge is -2.44. The molecule has 102 valence electrons. The highest BCUT2D eigenvalue weighted by Crippen LogP contribution is 2.40. The first-order valence-electron chi connectivity index (χ1n) is 7.41. The topological polar surface area (TPSA) is 15.6 Å². The Labute approximate surface area is 112 Å². The average molecular weight is 248 g/mol. The van der Waals surface area contributed by atoms with E-state index >= 15 is 0 Å². The van der Waals surface area contributed by atoms with E-state index in [1.54, 1.807) is 11.3 Å². The Balaban J connectivity index is 2.46. The van der Waals surface area contributed by atoms with E-state index in [0.717, 1.165) is 0 Å². The summed E-state index contributed by atoms with van der Waals surface area (Å²) in [7, 11) is 0. The summed E-state index contributed by atoms with van der Waals surface area (Å²) in [5.41, 5.74) is 3.38. The first-order chi connectivity index (χ1) is 8.32. The normalized spacial score (nSPS) is 25.4. The van der Waals surface area contributed by atoms with Crippen LogP contribution in [0.5, 0.6) is 0 Å². The van der Waals surface area contributed by atoms with E-state index in [0.29, 0.717) is 12.0 Å². The Morgan fingerprint density at radius 2 is 1.89 bits per heavy atom. The molecule has 0 aromatic rings. The highest BCUT2D eigenvalue weighted by molar-refractivity contribution is 5.87. The van der Waals surface area contributed by atoms with Crippen molar-refractivity contribution in [3.05, 3.63) is 11.3 Å². The molecular weight excluding hydrogens is 220 g/mol. The van der Waals surface area contributed by atoms with Crippen LogP contribution in [-0.4, -0.2) is 23.3 Å². The second-order valence-corrected chi connectivity index (χ2v) is 7.04. The van der Waals surface area contributed by atoms with Gasteiger partial charge in [0.05, 0.1) is 6.04 Å². The standard InChI is InChI=1S/C16H28N2/c1-11(2)15-17-12(3)14(16(4,5)6)13-9-7-8-10-18(13)15/h11-12H,7-10H2,1-6H3/t12-/m0/s1. The van der Waals surface area contributed by atoms with Crippen molar-refractivity contribution in [1.29, 1.82) is 0 Å². The molecule has 2 nitrogen and oxygen atoms in total. The maximum absolute atomic E-state index is 5.00. The van der Waals surface area contributed by atoms with Gasteiger partial charge in [0.1, 0.15) is 5.84 Å². The number of amidine groups is 1. The Morgan fingerprint density at radius 1 is 1.22 bits per heavy atom. The summed E-state index contributed by atoms with van der Waals surface area (Å²) in [6.07, 6.45) is 3.88. The van der Waals surface area contributed by atoms with Gasteiger partial charge in [-0.3, -0.25) is 4.99 Å². The van der Waals surface area contributed by atoms with Crippen molar-refractivity contribution in [3.8, 4) is 0 Å². The summed E-state index contributed by atoms with van der Waals surface area (Å²) in [5, 5.41) is 0. The van der Waals surface area contributed by atoms with E-state index in [4.69, 9.17) is 4.99 Å². The molecule has 0 aromatic heterocycles. The minimum Gasteiger partial charge on any atom is -0.334 e. The molecular formula is C16H28N2. The van der Waals surface area contributed by atoms with E-state index in [9.17, 15) is 0 Å². The smallest absolute Gasteiger partial charge is 0.106 e. The number of fused-ring (bicyclic) bond motifs is 1. The van der Waals surface area contributed by atoms with Crippen molar-refractivity contribution in [3.63, 3.8) is 0 Å². The van der Waals surface area contributed by atoms with Crippen LogP contribution in [0.15, 0.2) is 16.3 Å². The van der Waals surface area contributed by atoms with Crippen LogP contribution in [0.2, 0.25) is 0 Å². The van der Waals surface area contributed by atoms with E-state index in [-0.39, 0.29) is 5.41 Å². The van der Waals surface area contributed by atoms with E-state index in [1.165, 1.54) is 31.6 Å². The summed E-state index contributed by atoms with van der Waals surface area (Å²) >= 11 is 0. The fourth-order valence-electron chi connectivity index (χ4n) is 3.46. The Bertz CT molecular complexity index is 382. The molecule has 1 saturated heterocycles. The van der Waals surface area contributed by atoms with Crippen LogP contribution in [0.1, 0.15) is 60.8 Å². The number of aliphatic imine (C=N–C) groups is 1. The molecule has 2 heterocycles. The molecule has 0 saturated carbocycles. The number of hydrogen-bond donors (Lipinski definition) is 0. The minimum absolute atomic E-state index is 0.232. The summed E-state index contributed by atoms with van der Waals surface area (Å²) in [4.78, 5) is 7.52. The van der Waals surface area contributed by atoms with Gasteiger partial charge in [-0.25, -0.2) is 0 Å². The van der Waals surface area contributed by atoms with Gasteiger partial charge in [0.25, 0.3) is 0 Å². The molecule has 0 aliphatic carbocycles. The quantitative estimate of drug-likeness (QED) is 0.678. The van der Waals surface area contributed by atoms with Crippen molar-refractivity contribution >= 4 is 5.84 Å². The van der Waals surface area contributed by atoms with Gasteiger partial charge < -0.3 is 4.90 Å². The van der Waals surface area contributed by atoms with Gasteiger partial charge in [-0.1, -0.05) is 34.6 Å². The summed E-state index contributed by atoms with van der Waals surface area (Å²) in [6, 6.07) is 0.353. The maximum atomic E-state index is 5.00. The van der Waals surface area contributed by atoms with Gasteiger partial charge in [-0.2, -0.15) is 0 Å². The predicted octanol–water partition coefficient (Wildman–Crippen LogP) is 4.23. The first-order valence-corrected chi connectivity index (χ1v) is 7.41. The van der Waals surface area contributed by atoms with Gasteiger partial charge in [0, 0.05) is 18.2 Å². The Kier molecular flexibility index (Phi) is 3.57. The lowest BCUT2D eigenvalue weighted by molar-refractivity contribution is 0.344. The highest BCUT2D eigenvalue weighted by atomic mass is 15.2. The zero-order chi connectivity index (χ0) is 13.5. The lowest BCUT2D eigenvalue weighted by Crippen LogP contribution is -2.44. The van der Waals surface area contributed by atoms with Crippen LogP contribution in [-0.2, 0) is 0 Å². The molecule has 18 heavy (non-hydrogen) atoms. The maximum Gasteiger partial charge on any atom is 0.106 e. The van der Waals surface area contributed by atoms with Crippen LogP contribution in [0.25, 0.3) is 0 Å². The molecule has 2 aliphatic heterocycles. The van der Waals surface area contributed by atoms with Crippen molar-refractivity contribution in [2.24, 2.45) is 16.3 Å². The molecule has 0 N–H and O–H groups in total. The monoisotopic (exact) mass is 248 g/mol. The fraction of sp³-hybridized carbons (Fsp3) is 0.812. The number of hydrogen-bond acceptors (Lipinski definition) is 2. The zero-order valence-corrected chi connectivity index (χ0v) is 12.9. The van der Waals surface area contributed by atoms with E-state index in [2.05, 4.69) is 46.4 Å². The van der Waals surface area contributed by atoms with Crippen LogP contribution >= 0.6 is 0 Å². The van der Waals surface area contributed by atoms with Crippen molar-refractivity contribution in [2.75, 3.05) is 6.54 Å². The third-order valence-electron chi connectivity index (χ3n) is 4.03.